The average Bonchev–Trinajstić information content (AvgIpc) is 2.91. The fraction of sp³-hybridized carbons (Fsp3) is 0.533. The maximum absolute atomic E-state index is 11.1. The van der Waals surface area contributed by atoms with Crippen LogP contribution in [0.15, 0.2) is 18.5 Å². The van der Waals surface area contributed by atoms with E-state index < -0.39 is 5.97 Å². The fourth-order valence-corrected chi connectivity index (χ4v) is 2.55. The van der Waals surface area contributed by atoms with Crippen LogP contribution in [0, 0.1) is 0 Å². The summed E-state index contributed by atoms with van der Waals surface area (Å²) in [5.41, 5.74) is 0.475. The molecule has 7 heteroatoms. The normalized spacial score (nSPS) is 21.4. The van der Waals surface area contributed by atoms with Gasteiger partial charge in [0, 0.05) is 19.3 Å². The van der Waals surface area contributed by atoms with Gasteiger partial charge in [0.1, 0.15) is 11.4 Å². The lowest BCUT2D eigenvalue weighted by Gasteiger charge is -2.36. The van der Waals surface area contributed by atoms with Crippen molar-refractivity contribution in [3.8, 4) is 0 Å². The summed E-state index contributed by atoms with van der Waals surface area (Å²) in [5.74, 6) is -0.268. The molecule has 2 aromatic heterocycles. The van der Waals surface area contributed by atoms with Gasteiger partial charge in [-0.3, -0.25) is 0 Å². The van der Waals surface area contributed by atoms with Gasteiger partial charge in [0.05, 0.1) is 18.4 Å². The molecule has 22 heavy (non-hydrogen) atoms. The number of ether oxygens (including phenoxy) is 1. The van der Waals surface area contributed by atoms with Crippen LogP contribution in [0.1, 0.15) is 38.1 Å². The summed E-state index contributed by atoms with van der Waals surface area (Å²) in [6.07, 6.45) is 3.30. The molecule has 0 amide bonds. The Bertz CT molecular complexity index is 645. The molecule has 0 saturated carbocycles. The molecular formula is C15H22N4O3. The third-order valence-corrected chi connectivity index (χ3v) is 3.33. The molecule has 3 heterocycles. The van der Waals surface area contributed by atoms with Crippen LogP contribution in [-0.4, -0.2) is 51.0 Å². The summed E-state index contributed by atoms with van der Waals surface area (Å²) in [4.78, 5) is 17.7. The van der Waals surface area contributed by atoms with E-state index >= 15 is 0 Å². The molecule has 2 aromatic rings. The minimum Gasteiger partial charge on any atom is -0.477 e. The molecule has 0 aromatic carbocycles. The van der Waals surface area contributed by atoms with Gasteiger partial charge in [0.15, 0.2) is 5.65 Å². The van der Waals surface area contributed by atoms with E-state index in [0.717, 1.165) is 18.9 Å². The van der Waals surface area contributed by atoms with Crippen LogP contribution in [0.5, 0.6) is 0 Å². The molecular weight excluding hydrogens is 284 g/mol. The van der Waals surface area contributed by atoms with E-state index in [1.165, 1.54) is 10.7 Å². The highest BCUT2D eigenvalue weighted by molar-refractivity contribution is 5.94. The lowest BCUT2D eigenvalue weighted by atomic mass is 10.2. The maximum Gasteiger partial charge on any atom is 0.341 e. The second kappa shape index (κ2) is 6.74. The van der Waals surface area contributed by atoms with Crippen LogP contribution in [0.25, 0.3) is 5.65 Å². The number of nitrogens with zero attached hydrogens (tertiary/aromatic N) is 4. The van der Waals surface area contributed by atoms with Crippen LogP contribution in [0.2, 0.25) is 0 Å². The predicted molar refractivity (Wildman–Crippen MR) is 83.5 cm³/mol. The van der Waals surface area contributed by atoms with E-state index in [2.05, 4.69) is 15.0 Å². The van der Waals surface area contributed by atoms with E-state index in [1.807, 2.05) is 33.8 Å². The van der Waals surface area contributed by atoms with Gasteiger partial charge < -0.3 is 14.7 Å². The highest BCUT2D eigenvalue weighted by Gasteiger charge is 2.24. The molecule has 0 radical (unpaired) electrons. The summed E-state index contributed by atoms with van der Waals surface area (Å²) < 4.78 is 7.16. The van der Waals surface area contributed by atoms with Gasteiger partial charge in [-0.05, 0) is 19.9 Å². The summed E-state index contributed by atoms with van der Waals surface area (Å²) in [6, 6.07) is 1.84. The zero-order valence-electron chi connectivity index (χ0n) is 13.4. The number of rotatable bonds is 2. The molecule has 0 spiro atoms. The zero-order valence-corrected chi connectivity index (χ0v) is 13.4. The lowest BCUT2D eigenvalue weighted by Crippen LogP contribution is -2.45. The molecule has 120 valence electrons. The molecule has 1 fully saturated rings. The molecule has 1 N–H and O–H groups in total. The van der Waals surface area contributed by atoms with Crippen LogP contribution < -0.4 is 4.90 Å². The molecule has 2 unspecified atom stereocenters. The first-order valence-corrected chi connectivity index (χ1v) is 7.52. The number of aromatic carboxylic acids is 1. The van der Waals surface area contributed by atoms with Crippen LogP contribution in [0.4, 0.5) is 5.82 Å². The Morgan fingerprint density at radius 1 is 1.32 bits per heavy atom. The first-order chi connectivity index (χ1) is 10.5. The van der Waals surface area contributed by atoms with Crippen molar-refractivity contribution in [3.63, 3.8) is 0 Å². The monoisotopic (exact) mass is 306 g/mol. The SMILES string of the molecule is CC.CC1CN(c2ccn3ncc(C(=O)O)c3n2)CC(C)O1. The summed E-state index contributed by atoms with van der Waals surface area (Å²) >= 11 is 0. The maximum atomic E-state index is 11.1. The van der Waals surface area contributed by atoms with Crippen molar-refractivity contribution in [2.24, 2.45) is 0 Å². The Hall–Kier alpha value is -2.15. The molecule has 7 nitrogen and oxygen atoms in total. The Labute approximate surface area is 129 Å². The van der Waals surface area contributed by atoms with Gasteiger partial charge in [-0.1, -0.05) is 13.8 Å². The quantitative estimate of drug-likeness (QED) is 0.915. The van der Waals surface area contributed by atoms with Gasteiger partial charge in [0.25, 0.3) is 0 Å². The van der Waals surface area contributed by atoms with E-state index in [9.17, 15) is 4.79 Å². The highest BCUT2D eigenvalue weighted by atomic mass is 16.5. The third-order valence-electron chi connectivity index (χ3n) is 3.33. The Balaban J connectivity index is 0.000000847. The fourth-order valence-electron chi connectivity index (χ4n) is 2.55. The van der Waals surface area contributed by atoms with Crippen LogP contribution in [-0.2, 0) is 4.74 Å². The van der Waals surface area contributed by atoms with E-state index in [4.69, 9.17) is 9.84 Å². The summed E-state index contributed by atoms with van der Waals surface area (Å²) in [6.45, 7) is 9.51. The van der Waals surface area contributed by atoms with Crippen LogP contribution in [0.3, 0.4) is 0 Å². The molecule has 0 bridgehead atoms. The number of hydrogen-bond donors (Lipinski definition) is 1. The van der Waals surface area contributed by atoms with E-state index in [1.54, 1.807) is 6.20 Å². The molecule has 2 atom stereocenters. The zero-order chi connectivity index (χ0) is 16.3. The number of carbonyl (C=O) groups is 1. The number of fused-ring (bicyclic) bond motifs is 1. The van der Waals surface area contributed by atoms with Crippen molar-refractivity contribution in [2.75, 3.05) is 18.0 Å². The molecule has 0 aliphatic carbocycles. The van der Waals surface area contributed by atoms with Gasteiger partial charge in [-0.2, -0.15) is 5.10 Å². The smallest absolute Gasteiger partial charge is 0.341 e. The Kier molecular flexibility index (Phi) is 4.97. The van der Waals surface area contributed by atoms with Gasteiger partial charge in [-0.15, -0.1) is 0 Å². The van der Waals surface area contributed by atoms with Crippen molar-refractivity contribution in [1.82, 2.24) is 14.6 Å². The first kappa shape index (κ1) is 16.2. The van der Waals surface area contributed by atoms with Crippen molar-refractivity contribution >= 4 is 17.4 Å². The van der Waals surface area contributed by atoms with E-state index in [0.29, 0.717) is 5.65 Å². The molecule has 3 rings (SSSR count). The van der Waals surface area contributed by atoms with Crippen molar-refractivity contribution in [2.45, 2.75) is 39.9 Å². The summed E-state index contributed by atoms with van der Waals surface area (Å²) in [7, 11) is 0. The molecule has 1 aliphatic rings. The minimum absolute atomic E-state index is 0.112. The molecule has 1 saturated heterocycles. The standard InChI is InChI=1S/C13H16N4O3.C2H6/c1-8-6-16(7-9(2)20-8)11-3-4-17-12(15-11)10(5-14-17)13(18)19;1-2/h3-5,8-9H,6-7H2,1-2H3,(H,18,19);1-2H3. The Morgan fingerprint density at radius 3 is 2.55 bits per heavy atom. The van der Waals surface area contributed by atoms with Crippen molar-refractivity contribution in [1.29, 1.82) is 0 Å². The molecule has 1 aliphatic heterocycles. The lowest BCUT2D eigenvalue weighted by molar-refractivity contribution is -0.00545. The number of carboxylic acids is 1. The minimum atomic E-state index is -1.02. The topological polar surface area (TPSA) is 80.0 Å². The highest BCUT2D eigenvalue weighted by Crippen LogP contribution is 2.20. The number of carboxylic acid groups (broad SMARTS) is 1. The van der Waals surface area contributed by atoms with Crippen LogP contribution >= 0.6 is 0 Å². The summed E-state index contributed by atoms with van der Waals surface area (Å²) in [5, 5.41) is 13.1. The van der Waals surface area contributed by atoms with Gasteiger partial charge in [0.2, 0.25) is 0 Å². The number of hydrogen-bond acceptors (Lipinski definition) is 5. The third kappa shape index (κ3) is 3.19. The predicted octanol–water partition coefficient (Wildman–Crippen LogP) is 2.07. The second-order valence-corrected chi connectivity index (χ2v) is 5.08. The van der Waals surface area contributed by atoms with Gasteiger partial charge >= 0.3 is 5.97 Å². The van der Waals surface area contributed by atoms with Crippen molar-refractivity contribution in [3.05, 3.63) is 24.0 Å². The van der Waals surface area contributed by atoms with Gasteiger partial charge in [-0.25, -0.2) is 14.3 Å². The largest absolute Gasteiger partial charge is 0.477 e. The average molecular weight is 306 g/mol. The second-order valence-electron chi connectivity index (χ2n) is 5.08. The van der Waals surface area contributed by atoms with E-state index in [-0.39, 0.29) is 17.8 Å². The van der Waals surface area contributed by atoms with Crippen molar-refractivity contribution < 1.29 is 14.6 Å². The number of aromatic nitrogens is 3. The number of morpholine rings is 1. The number of anilines is 1. The Morgan fingerprint density at radius 2 is 1.95 bits per heavy atom. The first-order valence-electron chi connectivity index (χ1n) is 7.52.